The Hall–Kier alpha value is -10.4. The summed E-state index contributed by atoms with van der Waals surface area (Å²) < 4.78 is 0. The average molecular weight is 1100 g/mol. The van der Waals surface area contributed by atoms with Crippen molar-refractivity contribution in [2.24, 2.45) is 0 Å². The van der Waals surface area contributed by atoms with Gasteiger partial charge in [0.25, 0.3) is 0 Å². The van der Waals surface area contributed by atoms with E-state index in [1.165, 1.54) is 89.0 Å². The average Bonchev–Trinajstić information content (AvgIpc) is 0.871. The zero-order valence-corrected chi connectivity index (χ0v) is 48.3. The van der Waals surface area contributed by atoms with Gasteiger partial charge < -0.3 is 0 Å². The molecular formula is C82H58N4. The molecule has 86 heavy (non-hydrogen) atoms. The highest BCUT2D eigenvalue weighted by Crippen LogP contribution is 2.58. The molecule has 2 bridgehead atoms. The van der Waals surface area contributed by atoms with Gasteiger partial charge in [-0.05, 0) is 124 Å². The molecule has 5 aliphatic carbocycles. The van der Waals surface area contributed by atoms with E-state index in [4.69, 9.17) is 19.9 Å². The van der Waals surface area contributed by atoms with E-state index in [1.807, 2.05) is 0 Å². The minimum atomic E-state index is -0.120. The van der Waals surface area contributed by atoms with E-state index in [1.54, 1.807) is 0 Å². The third-order valence-corrected chi connectivity index (χ3v) is 19.3. The molecule has 11 aromatic carbocycles. The third-order valence-electron chi connectivity index (χ3n) is 19.3. The maximum absolute atomic E-state index is 5.58. The normalized spacial score (nSPS) is 15.6. The number of aromatic nitrogens is 4. The van der Waals surface area contributed by atoms with E-state index >= 15 is 0 Å². The number of hydrogen-bond donors (Lipinski definition) is 0. The van der Waals surface area contributed by atoms with Gasteiger partial charge >= 0.3 is 0 Å². The predicted molar refractivity (Wildman–Crippen MR) is 351 cm³/mol. The summed E-state index contributed by atoms with van der Waals surface area (Å²) in [7, 11) is 0. The molecule has 406 valence electrons. The summed E-state index contributed by atoms with van der Waals surface area (Å²) in [5.41, 5.74) is 32.8. The van der Waals surface area contributed by atoms with Crippen molar-refractivity contribution in [1.82, 2.24) is 19.9 Å². The second-order valence-corrected chi connectivity index (χ2v) is 24.7. The quantitative estimate of drug-likeness (QED) is 0.152. The van der Waals surface area contributed by atoms with Crippen molar-refractivity contribution >= 4 is 0 Å². The van der Waals surface area contributed by atoms with Crippen LogP contribution in [0.3, 0.4) is 0 Å². The molecule has 0 aliphatic heterocycles. The molecule has 0 radical (unpaired) electrons. The first kappa shape index (κ1) is 50.1. The molecule has 2 aromatic heterocycles. The molecule has 0 spiro atoms. The lowest BCUT2D eigenvalue weighted by Gasteiger charge is -2.42. The van der Waals surface area contributed by atoms with Crippen LogP contribution in [0, 0.1) is 0 Å². The van der Waals surface area contributed by atoms with Crippen molar-refractivity contribution < 1.29 is 0 Å². The molecule has 4 heteroatoms. The minimum absolute atomic E-state index is 0.00160. The van der Waals surface area contributed by atoms with Crippen LogP contribution in [0.15, 0.2) is 267 Å². The molecule has 0 N–H and O–H groups in total. The van der Waals surface area contributed by atoms with Crippen LogP contribution in [0.2, 0.25) is 0 Å². The molecule has 0 fully saturated rings. The van der Waals surface area contributed by atoms with Crippen LogP contribution >= 0.6 is 0 Å². The summed E-state index contributed by atoms with van der Waals surface area (Å²) in [6, 6.07) is 97.5. The summed E-state index contributed by atoms with van der Waals surface area (Å²) in [5.74, 6) is 1.41. The Balaban J connectivity index is 0.789. The lowest BCUT2D eigenvalue weighted by atomic mass is 9.61. The highest BCUT2D eigenvalue weighted by molar-refractivity contribution is 5.99. The van der Waals surface area contributed by atoms with E-state index in [9.17, 15) is 0 Å². The van der Waals surface area contributed by atoms with Crippen LogP contribution in [0.5, 0.6) is 0 Å². The lowest BCUT2D eigenvalue weighted by molar-refractivity contribution is 0.660. The lowest BCUT2D eigenvalue weighted by Crippen LogP contribution is -2.27. The van der Waals surface area contributed by atoms with Gasteiger partial charge in [0.2, 0.25) is 0 Å². The van der Waals surface area contributed by atoms with E-state index in [2.05, 4.69) is 295 Å². The topological polar surface area (TPSA) is 51.6 Å². The Bertz CT molecular complexity index is 4640. The Labute approximate surface area is 502 Å². The first-order chi connectivity index (χ1) is 42.2. The summed E-state index contributed by atoms with van der Waals surface area (Å²) in [6.07, 6.45) is 0. The van der Waals surface area contributed by atoms with E-state index in [-0.39, 0.29) is 22.7 Å². The first-order valence-corrected chi connectivity index (χ1v) is 30.1. The number of hydrogen-bond acceptors (Lipinski definition) is 4. The second kappa shape index (κ2) is 19.1. The molecule has 4 nitrogen and oxygen atoms in total. The number of fused-ring (bicyclic) bond motifs is 6. The standard InChI is InChI=1S/C82H58N4/c1-81(2)67-37-19-17-33-63(67)77-57(35-21-39-69(77)81)53-27-11-13-29-55(53)73-47-71(49-23-7-5-8-24-49)83-79(85-73)51-41-43-61-65(45-51)75-59-31-15-16-32-60(59)76(61)66-46-52(42-44-62(66)75)80-84-72(50-25-9-6-10-26-50)48-74(86-80)56-30-14-12-28-54(56)58-36-22-40-70-78(58)64-34-18-20-38-68(64)82(70,3)4/h5-48,75-76H,1-4H3. The number of benzene rings is 11. The maximum atomic E-state index is 5.58. The van der Waals surface area contributed by atoms with Crippen molar-refractivity contribution in [2.45, 2.75) is 50.4 Å². The molecule has 5 aliphatic rings. The van der Waals surface area contributed by atoms with Gasteiger partial charge in [-0.2, -0.15) is 0 Å². The molecule has 2 heterocycles. The summed E-state index contributed by atoms with van der Waals surface area (Å²) in [5, 5.41) is 0. The molecule has 13 aromatic rings. The summed E-state index contributed by atoms with van der Waals surface area (Å²) in [4.78, 5) is 22.0. The van der Waals surface area contributed by atoms with Crippen molar-refractivity contribution in [3.63, 3.8) is 0 Å². The second-order valence-electron chi connectivity index (χ2n) is 24.7. The van der Waals surface area contributed by atoms with Crippen LogP contribution in [0.25, 0.3) is 112 Å². The van der Waals surface area contributed by atoms with Gasteiger partial charge in [-0.3, -0.25) is 0 Å². The van der Waals surface area contributed by atoms with Gasteiger partial charge in [0.15, 0.2) is 11.6 Å². The third kappa shape index (κ3) is 7.55. The fraction of sp³-hybridized carbons (Fsp3) is 0.0976. The van der Waals surface area contributed by atoms with Crippen molar-refractivity contribution in [1.29, 1.82) is 0 Å². The SMILES string of the molecule is CC1(C)c2ccccc2-c2c(-c3ccccc3-c3cc(-c4ccccc4)nc(-c4ccc5c(c4)C4c6ccccc6C5c5cc(-c6nc(-c7ccccc7)cc(-c7ccccc7-c7cccc8c7-c7ccccc7C8(C)C)n6)ccc54)n3)cccc21. The monoisotopic (exact) mass is 1100 g/mol. The van der Waals surface area contributed by atoms with Crippen molar-refractivity contribution in [3.05, 3.63) is 323 Å². The Morgan fingerprint density at radius 1 is 0.233 bits per heavy atom. The van der Waals surface area contributed by atoms with E-state index in [0.29, 0.717) is 11.6 Å². The Morgan fingerprint density at radius 3 is 0.988 bits per heavy atom. The first-order valence-electron chi connectivity index (χ1n) is 30.1. The summed E-state index contributed by atoms with van der Waals surface area (Å²) >= 11 is 0. The largest absolute Gasteiger partial charge is 0.228 e. The van der Waals surface area contributed by atoms with Crippen molar-refractivity contribution in [2.75, 3.05) is 0 Å². The fourth-order valence-electron chi connectivity index (χ4n) is 15.3. The van der Waals surface area contributed by atoms with Gasteiger partial charge in [-0.25, -0.2) is 19.9 Å². The van der Waals surface area contributed by atoms with E-state index < -0.39 is 0 Å². The number of rotatable bonds is 8. The molecule has 2 atom stereocenters. The fourth-order valence-corrected chi connectivity index (χ4v) is 15.3. The Morgan fingerprint density at radius 2 is 0.558 bits per heavy atom. The summed E-state index contributed by atoms with van der Waals surface area (Å²) in [6.45, 7) is 9.40. The van der Waals surface area contributed by atoms with Crippen LogP contribution in [-0.2, 0) is 10.8 Å². The molecule has 18 rings (SSSR count). The Kier molecular flexibility index (Phi) is 11.1. The van der Waals surface area contributed by atoms with Crippen LogP contribution in [0.4, 0.5) is 0 Å². The van der Waals surface area contributed by atoms with Gasteiger partial charge in [0.1, 0.15) is 0 Å². The van der Waals surface area contributed by atoms with Crippen LogP contribution in [-0.4, -0.2) is 19.9 Å². The molecule has 2 unspecified atom stereocenters. The predicted octanol–water partition coefficient (Wildman–Crippen LogP) is 20.2. The van der Waals surface area contributed by atoms with Gasteiger partial charge in [0.05, 0.1) is 22.8 Å². The zero-order valence-electron chi connectivity index (χ0n) is 48.3. The highest BCUT2D eigenvalue weighted by Gasteiger charge is 2.43. The molecular weight excluding hydrogens is 1040 g/mol. The minimum Gasteiger partial charge on any atom is -0.228 e. The number of nitrogens with zero attached hydrogens (tertiary/aromatic N) is 4. The van der Waals surface area contributed by atoms with Gasteiger partial charge in [-0.15, -0.1) is 0 Å². The maximum Gasteiger partial charge on any atom is 0.160 e. The van der Waals surface area contributed by atoms with Crippen molar-refractivity contribution in [3.8, 4) is 112 Å². The zero-order chi connectivity index (χ0) is 57.4. The molecule has 0 saturated carbocycles. The van der Waals surface area contributed by atoms with Gasteiger partial charge in [0, 0.05) is 56.0 Å². The smallest absolute Gasteiger partial charge is 0.160 e. The highest BCUT2D eigenvalue weighted by atomic mass is 14.9. The van der Waals surface area contributed by atoms with Crippen LogP contribution in [0.1, 0.15) is 95.2 Å². The van der Waals surface area contributed by atoms with Crippen LogP contribution < -0.4 is 0 Å². The van der Waals surface area contributed by atoms with Gasteiger partial charge in [-0.1, -0.05) is 270 Å². The molecule has 0 amide bonds. The van der Waals surface area contributed by atoms with E-state index in [0.717, 1.165) is 67.3 Å². The molecule has 0 saturated heterocycles.